The number of hydrogen-bond donors (Lipinski definition) is 2. The van der Waals surface area contributed by atoms with Crippen molar-refractivity contribution in [2.75, 3.05) is 13.2 Å². The third kappa shape index (κ3) is 6.34. The lowest BCUT2D eigenvalue weighted by atomic mass is 9.88. The Bertz CT molecular complexity index is 1360. The van der Waals surface area contributed by atoms with Gasteiger partial charge in [-0.1, -0.05) is 92.2 Å². The molecule has 0 bridgehead atoms. The molecule has 4 atom stereocenters. The molecule has 1 saturated heterocycles. The molecule has 1 fully saturated rings. The molecule has 8 nitrogen and oxygen atoms in total. The molecule has 3 aromatic carbocycles. The van der Waals surface area contributed by atoms with Crippen LogP contribution in [0.1, 0.15) is 55.7 Å². The number of hydrogen-bond acceptors (Lipinski definition) is 5. The van der Waals surface area contributed by atoms with E-state index in [2.05, 4.69) is 17.4 Å². The number of amides is 2. The number of nitrogens with one attached hydrogen (secondary N) is 1. The van der Waals surface area contributed by atoms with Crippen molar-refractivity contribution in [1.29, 1.82) is 0 Å². The van der Waals surface area contributed by atoms with E-state index < -0.39 is 36.2 Å². The highest BCUT2D eigenvalue weighted by Crippen LogP contribution is 2.44. The number of carbonyl (C=O) groups excluding carboxylic acids is 2. The molecule has 8 heteroatoms. The standard InChI is InChI=1S/C34H38N2O6/c1-3-23-17-18-36(30(19-23)33(38)39)32(37)31(22(2)41-20-24-11-5-4-6-12-24)35-34(40)42-21-29-27-15-9-7-13-25(27)26-14-8-10-16-28(26)29/h4-16,22-23,29-31H,3,17-21H2,1-2H3,(H,35,40)(H,38,39)/t22-,23?,30?,31+/m0/s1. The van der Waals surface area contributed by atoms with Crippen LogP contribution in [0.4, 0.5) is 4.79 Å². The van der Waals surface area contributed by atoms with Crippen LogP contribution in [0, 0.1) is 5.92 Å². The molecule has 1 heterocycles. The van der Waals surface area contributed by atoms with Gasteiger partial charge in [0.25, 0.3) is 0 Å². The first-order valence-corrected chi connectivity index (χ1v) is 14.7. The van der Waals surface area contributed by atoms with Crippen molar-refractivity contribution in [3.05, 3.63) is 95.6 Å². The number of aliphatic carboxylic acids is 1. The van der Waals surface area contributed by atoms with Gasteiger partial charge >= 0.3 is 12.1 Å². The zero-order valence-electron chi connectivity index (χ0n) is 24.1. The molecule has 2 aliphatic rings. The second-order valence-electron chi connectivity index (χ2n) is 11.1. The largest absolute Gasteiger partial charge is 0.480 e. The lowest BCUT2D eigenvalue weighted by Gasteiger charge is -2.39. The van der Waals surface area contributed by atoms with Crippen LogP contribution in [0.2, 0.25) is 0 Å². The average Bonchev–Trinajstić information content (AvgIpc) is 3.34. The van der Waals surface area contributed by atoms with Gasteiger partial charge in [-0.25, -0.2) is 9.59 Å². The van der Waals surface area contributed by atoms with E-state index in [0.717, 1.165) is 34.2 Å². The van der Waals surface area contributed by atoms with Crippen LogP contribution in [0.5, 0.6) is 0 Å². The Balaban J connectivity index is 1.31. The predicted octanol–water partition coefficient (Wildman–Crippen LogP) is 5.60. The van der Waals surface area contributed by atoms with Crippen LogP contribution in [0.15, 0.2) is 78.9 Å². The molecular weight excluding hydrogens is 532 g/mol. The Labute approximate surface area is 246 Å². The smallest absolute Gasteiger partial charge is 0.407 e. The zero-order chi connectivity index (χ0) is 29.6. The van der Waals surface area contributed by atoms with Gasteiger partial charge in [0.15, 0.2) is 0 Å². The van der Waals surface area contributed by atoms with Crippen LogP contribution >= 0.6 is 0 Å². The number of carboxylic acids is 1. The van der Waals surface area contributed by atoms with Gasteiger partial charge in [-0.15, -0.1) is 0 Å². The van der Waals surface area contributed by atoms with Crippen LogP contribution < -0.4 is 5.32 Å². The number of carboxylic acid groups (broad SMARTS) is 1. The van der Waals surface area contributed by atoms with Gasteiger partial charge in [0.1, 0.15) is 18.7 Å². The molecule has 2 amide bonds. The molecule has 2 N–H and O–H groups in total. The summed E-state index contributed by atoms with van der Waals surface area (Å²) in [6.07, 6.45) is 0.457. The minimum Gasteiger partial charge on any atom is -0.480 e. The van der Waals surface area contributed by atoms with Crippen molar-refractivity contribution < 1.29 is 29.0 Å². The molecule has 1 aliphatic heterocycles. The third-order valence-electron chi connectivity index (χ3n) is 8.56. The van der Waals surface area contributed by atoms with Crippen molar-refractivity contribution >= 4 is 18.0 Å². The van der Waals surface area contributed by atoms with Gasteiger partial charge in [-0.05, 0) is 53.5 Å². The number of carbonyl (C=O) groups is 3. The maximum Gasteiger partial charge on any atom is 0.407 e. The summed E-state index contributed by atoms with van der Waals surface area (Å²) < 4.78 is 11.8. The molecule has 5 rings (SSSR count). The Morgan fingerprint density at radius 3 is 2.19 bits per heavy atom. The van der Waals surface area contributed by atoms with Crippen LogP contribution in [-0.2, 0) is 25.7 Å². The van der Waals surface area contributed by atoms with Crippen molar-refractivity contribution in [3.8, 4) is 11.1 Å². The van der Waals surface area contributed by atoms with E-state index in [-0.39, 0.29) is 25.0 Å². The lowest BCUT2D eigenvalue weighted by Crippen LogP contribution is -2.59. The summed E-state index contributed by atoms with van der Waals surface area (Å²) in [6.45, 7) is 4.38. The summed E-state index contributed by atoms with van der Waals surface area (Å²) in [7, 11) is 0. The fourth-order valence-corrected chi connectivity index (χ4v) is 6.13. The molecule has 0 spiro atoms. The fraction of sp³-hybridized carbons (Fsp3) is 0.382. The SMILES string of the molecule is CCC1CCN(C(=O)[C@H](NC(=O)OCC2c3ccccc3-c3ccccc32)[C@H](C)OCc2ccccc2)C(C(=O)O)C1. The van der Waals surface area contributed by atoms with Gasteiger partial charge in [0.05, 0.1) is 12.7 Å². The third-order valence-corrected chi connectivity index (χ3v) is 8.56. The van der Waals surface area contributed by atoms with Gasteiger partial charge in [0, 0.05) is 12.5 Å². The number of fused-ring (bicyclic) bond motifs is 3. The zero-order valence-corrected chi connectivity index (χ0v) is 24.1. The van der Waals surface area contributed by atoms with Gasteiger partial charge in [-0.3, -0.25) is 4.79 Å². The van der Waals surface area contributed by atoms with Gasteiger partial charge in [-0.2, -0.15) is 0 Å². The number of benzene rings is 3. The predicted molar refractivity (Wildman–Crippen MR) is 159 cm³/mol. The average molecular weight is 571 g/mol. The molecule has 2 unspecified atom stereocenters. The Morgan fingerprint density at radius 1 is 0.952 bits per heavy atom. The topological polar surface area (TPSA) is 105 Å². The van der Waals surface area contributed by atoms with Crippen molar-refractivity contribution in [1.82, 2.24) is 10.2 Å². The van der Waals surface area contributed by atoms with E-state index in [1.54, 1.807) is 6.92 Å². The monoisotopic (exact) mass is 570 g/mol. The first kappa shape index (κ1) is 29.3. The Kier molecular flexibility index (Phi) is 9.22. The number of ether oxygens (including phenoxy) is 2. The highest BCUT2D eigenvalue weighted by atomic mass is 16.5. The van der Waals surface area contributed by atoms with E-state index in [1.807, 2.05) is 73.7 Å². The van der Waals surface area contributed by atoms with Crippen LogP contribution in [0.25, 0.3) is 11.1 Å². The van der Waals surface area contributed by atoms with E-state index in [9.17, 15) is 19.5 Å². The van der Waals surface area contributed by atoms with Crippen molar-refractivity contribution in [3.63, 3.8) is 0 Å². The molecule has 3 aromatic rings. The number of rotatable bonds is 10. The fourth-order valence-electron chi connectivity index (χ4n) is 6.13. The normalized spacial score (nSPS) is 19.3. The second-order valence-corrected chi connectivity index (χ2v) is 11.1. The van der Waals surface area contributed by atoms with E-state index in [0.29, 0.717) is 19.4 Å². The molecule has 42 heavy (non-hydrogen) atoms. The summed E-state index contributed by atoms with van der Waals surface area (Å²) in [5, 5.41) is 12.7. The number of likely N-dealkylation sites (tertiary alicyclic amines) is 1. The Morgan fingerprint density at radius 2 is 1.57 bits per heavy atom. The number of piperidine rings is 1. The van der Waals surface area contributed by atoms with Gasteiger partial charge in [0.2, 0.25) is 5.91 Å². The number of alkyl carbamates (subject to hydrolysis) is 1. The maximum atomic E-state index is 13.9. The highest BCUT2D eigenvalue weighted by Gasteiger charge is 2.41. The molecule has 0 saturated carbocycles. The minimum atomic E-state index is -1.12. The summed E-state index contributed by atoms with van der Waals surface area (Å²) in [6, 6.07) is 23.6. The highest BCUT2D eigenvalue weighted by molar-refractivity contribution is 5.90. The first-order chi connectivity index (χ1) is 20.4. The van der Waals surface area contributed by atoms with Crippen molar-refractivity contribution in [2.45, 2.75) is 63.8 Å². The minimum absolute atomic E-state index is 0.0969. The molecule has 0 aromatic heterocycles. The Hall–Kier alpha value is -4.17. The molecular formula is C34H38N2O6. The van der Waals surface area contributed by atoms with Gasteiger partial charge < -0.3 is 24.8 Å². The summed E-state index contributed by atoms with van der Waals surface area (Å²) in [4.78, 5) is 40.7. The van der Waals surface area contributed by atoms with Crippen molar-refractivity contribution in [2.24, 2.45) is 5.92 Å². The van der Waals surface area contributed by atoms with E-state index in [1.165, 1.54) is 4.90 Å². The maximum absolute atomic E-state index is 13.9. The van der Waals surface area contributed by atoms with Crippen LogP contribution in [-0.4, -0.2) is 59.3 Å². The summed E-state index contributed by atoms with van der Waals surface area (Å²) in [5.74, 6) is -1.42. The second kappa shape index (κ2) is 13.2. The summed E-state index contributed by atoms with van der Waals surface area (Å²) in [5.41, 5.74) is 5.33. The lowest BCUT2D eigenvalue weighted by molar-refractivity contribution is -0.156. The summed E-state index contributed by atoms with van der Waals surface area (Å²) >= 11 is 0. The molecule has 220 valence electrons. The molecule has 1 aliphatic carbocycles. The number of nitrogens with zero attached hydrogens (tertiary/aromatic N) is 1. The quantitative estimate of drug-likeness (QED) is 0.329. The van der Waals surface area contributed by atoms with E-state index >= 15 is 0 Å². The first-order valence-electron chi connectivity index (χ1n) is 14.7. The van der Waals surface area contributed by atoms with E-state index in [4.69, 9.17) is 9.47 Å². The van der Waals surface area contributed by atoms with Crippen LogP contribution in [0.3, 0.4) is 0 Å². The molecule has 0 radical (unpaired) electrons.